The summed E-state index contributed by atoms with van der Waals surface area (Å²) in [4.78, 5) is -0.119. The van der Waals surface area contributed by atoms with Crippen molar-refractivity contribution in [2.75, 3.05) is 13.2 Å². The lowest BCUT2D eigenvalue weighted by atomic mass is 9.96. The van der Waals surface area contributed by atoms with Gasteiger partial charge in [0.1, 0.15) is 5.82 Å². The molecule has 2 N–H and O–H groups in total. The molecule has 0 aliphatic heterocycles. The molecule has 0 aromatic heterocycles. The van der Waals surface area contributed by atoms with Crippen LogP contribution in [-0.4, -0.2) is 26.7 Å². The highest BCUT2D eigenvalue weighted by Gasteiger charge is 2.21. The topological polar surface area (TPSA) is 66.4 Å². The summed E-state index contributed by atoms with van der Waals surface area (Å²) in [5.74, 6) is -0.603. The van der Waals surface area contributed by atoms with E-state index in [0.717, 1.165) is 6.07 Å². The molecule has 0 aliphatic rings. The molecular formula is C11H16FNO3S. The van der Waals surface area contributed by atoms with Crippen molar-refractivity contribution in [3.05, 3.63) is 30.1 Å². The second kappa shape index (κ2) is 5.12. The van der Waals surface area contributed by atoms with Crippen LogP contribution in [-0.2, 0) is 10.0 Å². The quantitative estimate of drug-likeness (QED) is 0.834. The fourth-order valence-electron chi connectivity index (χ4n) is 1.06. The van der Waals surface area contributed by atoms with Crippen LogP contribution >= 0.6 is 0 Å². The predicted octanol–water partition coefficient (Wildman–Crippen LogP) is 1.12. The van der Waals surface area contributed by atoms with Gasteiger partial charge in [0.15, 0.2) is 0 Å². The average Bonchev–Trinajstić information content (AvgIpc) is 2.27. The van der Waals surface area contributed by atoms with Crippen LogP contribution in [0.2, 0.25) is 0 Å². The highest BCUT2D eigenvalue weighted by Crippen LogP contribution is 2.15. The highest BCUT2D eigenvalue weighted by molar-refractivity contribution is 7.89. The highest BCUT2D eigenvalue weighted by atomic mass is 32.2. The van der Waals surface area contributed by atoms with Crippen LogP contribution in [0.15, 0.2) is 29.2 Å². The smallest absolute Gasteiger partial charge is 0.240 e. The van der Waals surface area contributed by atoms with Crippen molar-refractivity contribution >= 4 is 10.0 Å². The Hall–Kier alpha value is -0.980. The lowest BCUT2D eigenvalue weighted by Gasteiger charge is -2.21. The standard InChI is InChI=1S/C11H16FNO3S/c1-11(2,8-14)7-13-17(15,16)10-5-3-4-9(12)6-10/h3-6,13-14H,7-8H2,1-2H3. The van der Waals surface area contributed by atoms with Crippen molar-refractivity contribution in [1.29, 1.82) is 0 Å². The predicted molar refractivity (Wildman–Crippen MR) is 62.5 cm³/mol. The number of halogens is 1. The zero-order chi connectivity index (χ0) is 13.1. The molecule has 0 aliphatic carbocycles. The Balaban J connectivity index is 2.83. The second-order valence-corrected chi connectivity index (χ2v) is 6.37. The number of hydrogen-bond acceptors (Lipinski definition) is 3. The molecule has 1 rings (SSSR count). The van der Waals surface area contributed by atoms with Crippen molar-refractivity contribution in [3.8, 4) is 0 Å². The van der Waals surface area contributed by atoms with Crippen LogP contribution in [0.5, 0.6) is 0 Å². The number of benzene rings is 1. The first kappa shape index (κ1) is 14.1. The number of hydrogen-bond donors (Lipinski definition) is 2. The Morgan fingerprint density at radius 1 is 1.41 bits per heavy atom. The molecule has 0 radical (unpaired) electrons. The average molecular weight is 261 g/mol. The number of nitrogens with one attached hydrogen (secondary N) is 1. The maximum atomic E-state index is 12.9. The van der Waals surface area contributed by atoms with E-state index in [1.807, 2.05) is 0 Å². The molecule has 1 aromatic carbocycles. The van der Waals surface area contributed by atoms with Crippen LogP contribution in [0.3, 0.4) is 0 Å². The third-order valence-electron chi connectivity index (χ3n) is 2.28. The minimum absolute atomic E-state index is 0.0857. The summed E-state index contributed by atoms with van der Waals surface area (Å²) < 4.78 is 38.8. The lowest BCUT2D eigenvalue weighted by Crippen LogP contribution is -2.36. The lowest BCUT2D eigenvalue weighted by molar-refractivity contribution is 0.163. The Morgan fingerprint density at radius 2 is 2.06 bits per heavy atom. The van der Waals surface area contributed by atoms with Crippen LogP contribution in [0.4, 0.5) is 4.39 Å². The number of sulfonamides is 1. The van der Waals surface area contributed by atoms with Crippen LogP contribution in [0.25, 0.3) is 0 Å². The van der Waals surface area contributed by atoms with Gasteiger partial charge in [-0.2, -0.15) is 0 Å². The van der Waals surface area contributed by atoms with Crippen molar-refractivity contribution < 1.29 is 17.9 Å². The second-order valence-electron chi connectivity index (χ2n) is 4.60. The van der Waals surface area contributed by atoms with Gasteiger partial charge in [0, 0.05) is 18.6 Å². The van der Waals surface area contributed by atoms with Gasteiger partial charge in [-0.05, 0) is 18.2 Å². The maximum absolute atomic E-state index is 12.9. The van der Waals surface area contributed by atoms with Crippen molar-refractivity contribution in [3.63, 3.8) is 0 Å². The van der Waals surface area contributed by atoms with Gasteiger partial charge in [-0.3, -0.25) is 0 Å². The number of rotatable bonds is 5. The van der Waals surface area contributed by atoms with Gasteiger partial charge in [0.2, 0.25) is 10.0 Å². The van der Waals surface area contributed by atoms with E-state index in [9.17, 15) is 12.8 Å². The first-order valence-electron chi connectivity index (χ1n) is 5.13. The van der Waals surface area contributed by atoms with E-state index in [1.165, 1.54) is 18.2 Å². The summed E-state index contributed by atoms with van der Waals surface area (Å²) >= 11 is 0. The SMILES string of the molecule is CC(C)(CO)CNS(=O)(=O)c1cccc(F)c1. The molecule has 1 aromatic rings. The Labute approximate surface area is 101 Å². The van der Waals surface area contributed by atoms with Gasteiger partial charge >= 0.3 is 0 Å². The maximum Gasteiger partial charge on any atom is 0.240 e. The van der Waals surface area contributed by atoms with E-state index >= 15 is 0 Å². The molecule has 0 heterocycles. The molecular weight excluding hydrogens is 245 g/mol. The zero-order valence-electron chi connectivity index (χ0n) is 9.77. The van der Waals surface area contributed by atoms with E-state index in [1.54, 1.807) is 13.8 Å². The Bertz CT molecular complexity index is 485. The monoisotopic (exact) mass is 261 g/mol. The van der Waals surface area contributed by atoms with Crippen molar-refractivity contribution in [2.24, 2.45) is 5.41 Å². The molecule has 0 saturated carbocycles. The van der Waals surface area contributed by atoms with Crippen LogP contribution in [0, 0.1) is 11.2 Å². The number of aliphatic hydroxyl groups is 1. The molecule has 0 bridgehead atoms. The molecule has 0 fully saturated rings. The first-order chi connectivity index (χ1) is 7.77. The molecule has 0 atom stereocenters. The third kappa shape index (κ3) is 4.07. The molecule has 0 amide bonds. The van der Waals surface area contributed by atoms with Gasteiger partial charge in [0.05, 0.1) is 4.90 Å². The Morgan fingerprint density at radius 3 is 2.59 bits per heavy atom. The van der Waals surface area contributed by atoms with E-state index in [0.29, 0.717) is 0 Å². The van der Waals surface area contributed by atoms with E-state index in [4.69, 9.17) is 5.11 Å². The summed E-state index contributed by atoms with van der Waals surface area (Å²) in [5.41, 5.74) is -0.555. The normalized spacial score (nSPS) is 12.7. The zero-order valence-corrected chi connectivity index (χ0v) is 10.6. The molecule has 0 unspecified atom stereocenters. The van der Waals surface area contributed by atoms with E-state index in [-0.39, 0.29) is 18.0 Å². The van der Waals surface area contributed by atoms with Crippen LogP contribution in [0.1, 0.15) is 13.8 Å². The fourth-order valence-corrected chi connectivity index (χ4v) is 2.34. The molecule has 96 valence electrons. The fraction of sp³-hybridized carbons (Fsp3) is 0.455. The molecule has 0 spiro atoms. The first-order valence-corrected chi connectivity index (χ1v) is 6.61. The summed E-state index contributed by atoms with van der Waals surface area (Å²) in [6.45, 7) is 3.39. The van der Waals surface area contributed by atoms with Crippen molar-refractivity contribution in [2.45, 2.75) is 18.7 Å². The minimum atomic E-state index is -3.73. The molecule has 4 nitrogen and oxygen atoms in total. The van der Waals surface area contributed by atoms with Crippen LogP contribution < -0.4 is 4.72 Å². The molecule has 6 heteroatoms. The number of aliphatic hydroxyl groups excluding tert-OH is 1. The largest absolute Gasteiger partial charge is 0.396 e. The van der Waals surface area contributed by atoms with Gasteiger partial charge in [-0.1, -0.05) is 19.9 Å². The van der Waals surface area contributed by atoms with Gasteiger partial charge in [-0.15, -0.1) is 0 Å². The summed E-state index contributed by atoms with van der Waals surface area (Å²) in [5, 5.41) is 9.01. The summed E-state index contributed by atoms with van der Waals surface area (Å²) in [6.07, 6.45) is 0. The van der Waals surface area contributed by atoms with E-state index < -0.39 is 21.3 Å². The van der Waals surface area contributed by atoms with Gasteiger partial charge in [0.25, 0.3) is 0 Å². The summed E-state index contributed by atoms with van der Waals surface area (Å²) in [7, 11) is -3.73. The Kier molecular flexibility index (Phi) is 4.24. The minimum Gasteiger partial charge on any atom is -0.396 e. The molecule has 0 saturated heterocycles. The third-order valence-corrected chi connectivity index (χ3v) is 3.67. The van der Waals surface area contributed by atoms with Gasteiger partial charge in [-0.25, -0.2) is 17.5 Å². The summed E-state index contributed by atoms with van der Waals surface area (Å²) in [6, 6.07) is 4.78. The van der Waals surface area contributed by atoms with Crippen molar-refractivity contribution in [1.82, 2.24) is 4.72 Å². The van der Waals surface area contributed by atoms with Gasteiger partial charge < -0.3 is 5.11 Å². The van der Waals surface area contributed by atoms with E-state index in [2.05, 4.69) is 4.72 Å². The molecule has 17 heavy (non-hydrogen) atoms.